The van der Waals surface area contributed by atoms with Crippen LogP contribution in [0.5, 0.6) is 0 Å². The first-order valence-electron chi connectivity index (χ1n) is 7.97. The first-order chi connectivity index (χ1) is 11.0. The van der Waals surface area contributed by atoms with E-state index < -0.39 is 9.84 Å². The van der Waals surface area contributed by atoms with E-state index in [1.54, 1.807) is 6.08 Å². The number of hydrogen-bond acceptors (Lipinski definition) is 4. The third-order valence-electron chi connectivity index (χ3n) is 4.42. The van der Waals surface area contributed by atoms with E-state index in [9.17, 15) is 13.2 Å². The molecule has 1 amide bonds. The molecule has 23 heavy (non-hydrogen) atoms. The van der Waals surface area contributed by atoms with Crippen LogP contribution in [-0.4, -0.2) is 56.1 Å². The van der Waals surface area contributed by atoms with Crippen molar-refractivity contribution in [3.8, 4) is 0 Å². The summed E-state index contributed by atoms with van der Waals surface area (Å²) in [6, 6.07) is 10.3. The molecule has 2 heterocycles. The van der Waals surface area contributed by atoms with E-state index >= 15 is 0 Å². The molecule has 0 radical (unpaired) electrons. The first kappa shape index (κ1) is 16.2. The summed E-state index contributed by atoms with van der Waals surface area (Å²) in [5.41, 5.74) is 1.29. The summed E-state index contributed by atoms with van der Waals surface area (Å²) in [4.78, 5) is 16.5. The molecule has 1 fully saturated rings. The van der Waals surface area contributed by atoms with E-state index in [2.05, 4.69) is 17.0 Å². The molecule has 0 aliphatic carbocycles. The maximum atomic E-state index is 12.3. The number of sulfone groups is 1. The minimum Gasteiger partial charge on any atom is -0.340 e. The van der Waals surface area contributed by atoms with E-state index in [4.69, 9.17) is 0 Å². The second kappa shape index (κ2) is 6.84. The predicted octanol–water partition coefficient (Wildman–Crippen LogP) is 1.28. The molecule has 6 heteroatoms. The molecular weight excluding hydrogens is 312 g/mol. The molecule has 1 aromatic carbocycles. The number of carbonyl (C=O) groups excluding carboxylic acids is 1. The average molecular weight is 334 g/mol. The Hall–Kier alpha value is -1.66. The number of allylic oxidation sites excluding steroid dienone is 1. The fourth-order valence-electron chi connectivity index (χ4n) is 3.12. The van der Waals surface area contributed by atoms with E-state index in [1.807, 2.05) is 23.1 Å². The molecule has 0 spiro atoms. The van der Waals surface area contributed by atoms with Crippen molar-refractivity contribution in [2.24, 2.45) is 5.92 Å². The van der Waals surface area contributed by atoms with Gasteiger partial charge in [-0.15, -0.1) is 0 Å². The standard InChI is InChI=1S/C17H22N2O3S/c20-17(12-16-6-11-23(21,22)14-16)19-9-7-18(8-10-19)13-15-4-2-1-3-5-15/h1-6,11,16H,7-10,12-14H2/t16-/m1/s1. The highest BCUT2D eigenvalue weighted by atomic mass is 32.2. The second-order valence-corrected chi connectivity index (χ2v) is 8.20. The smallest absolute Gasteiger partial charge is 0.223 e. The lowest BCUT2D eigenvalue weighted by Crippen LogP contribution is -2.48. The van der Waals surface area contributed by atoms with Crippen LogP contribution in [-0.2, 0) is 21.2 Å². The Morgan fingerprint density at radius 2 is 1.78 bits per heavy atom. The highest BCUT2D eigenvalue weighted by molar-refractivity contribution is 7.94. The Morgan fingerprint density at radius 1 is 1.09 bits per heavy atom. The van der Waals surface area contributed by atoms with Crippen LogP contribution in [0.15, 0.2) is 41.8 Å². The summed E-state index contributed by atoms with van der Waals surface area (Å²) < 4.78 is 22.8. The normalized spacial score (nSPS) is 24.0. The van der Waals surface area contributed by atoms with Crippen molar-refractivity contribution < 1.29 is 13.2 Å². The maximum absolute atomic E-state index is 12.3. The van der Waals surface area contributed by atoms with Crippen molar-refractivity contribution >= 4 is 15.7 Å². The molecule has 2 aliphatic rings. The Kier molecular flexibility index (Phi) is 4.82. The molecule has 2 aliphatic heterocycles. The van der Waals surface area contributed by atoms with Gasteiger partial charge in [0.2, 0.25) is 5.91 Å². The van der Waals surface area contributed by atoms with Crippen molar-refractivity contribution in [1.29, 1.82) is 0 Å². The van der Waals surface area contributed by atoms with Gasteiger partial charge in [0.1, 0.15) is 0 Å². The van der Waals surface area contributed by atoms with Gasteiger partial charge < -0.3 is 4.90 Å². The predicted molar refractivity (Wildman–Crippen MR) is 89.3 cm³/mol. The van der Waals surface area contributed by atoms with Gasteiger partial charge in [0.25, 0.3) is 0 Å². The Bertz CT molecular complexity index is 677. The van der Waals surface area contributed by atoms with Crippen LogP contribution in [0.2, 0.25) is 0 Å². The van der Waals surface area contributed by atoms with Crippen LogP contribution >= 0.6 is 0 Å². The zero-order valence-corrected chi connectivity index (χ0v) is 13.9. The number of benzene rings is 1. The van der Waals surface area contributed by atoms with Crippen LogP contribution in [0.3, 0.4) is 0 Å². The number of nitrogens with zero attached hydrogens (tertiary/aromatic N) is 2. The highest BCUT2D eigenvalue weighted by Crippen LogP contribution is 2.20. The van der Waals surface area contributed by atoms with Gasteiger partial charge in [-0.05, 0) is 5.56 Å². The summed E-state index contributed by atoms with van der Waals surface area (Å²) in [6.45, 7) is 4.06. The number of rotatable bonds is 4. The summed E-state index contributed by atoms with van der Waals surface area (Å²) >= 11 is 0. The Labute approximate surface area is 137 Å². The van der Waals surface area contributed by atoms with Gasteiger partial charge in [0.15, 0.2) is 9.84 Å². The van der Waals surface area contributed by atoms with Crippen molar-refractivity contribution in [3.05, 3.63) is 47.4 Å². The van der Waals surface area contributed by atoms with E-state index in [0.717, 1.165) is 32.7 Å². The van der Waals surface area contributed by atoms with Gasteiger partial charge >= 0.3 is 0 Å². The SMILES string of the molecule is O=C(C[C@H]1C=CS(=O)(=O)C1)N1CCN(Cc2ccccc2)CC1. The summed E-state index contributed by atoms with van der Waals surface area (Å²) in [5, 5.41) is 1.24. The largest absolute Gasteiger partial charge is 0.340 e. The van der Waals surface area contributed by atoms with Crippen molar-refractivity contribution in [1.82, 2.24) is 9.80 Å². The van der Waals surface area contributed by atoms with E-state index in [0.29, 0.717) is 6.42 Å². The second-order valence-electron chi connectivity index (χ2n) is 6.26. The minimum absolute atomic E-state index is 0.0658. The molecule has 1 saturated heterocycles. The Balaban J connectivity index is 1.45. The van der Waals surface area contributed by atoms with Crippen LogP contribution in [0.1, 0.15) is 12.0 Å². The molecule has 3 rings (SSSR count). The van der Waals surface area contributed by atoms with Gasteiger partial charge in [0.05, 0.1) is 5.75 Å². The molecular formula is C17H22N2O3S. The number of piperazine rings is 1. The molecule has 124 valence electrons. The van der Waals surface area contributed by atoms with Gasteiger partial charge in [0, 0.05) is 50.5 Å². The summed E-state index contributed by atoms with van der Waals surface area (Å²) in [6.07, 6.45) is 1.95. The summed E-state index contributed by atoms with van der Waals surface area (Å²) in [7, 11) is -3.07. The quantitative estimate of drug-likeness (QED) is 0.832. The lowest BCUT2D eigenvalue weighted by Gasteiger charge is -2.35. The zero-order chi connectivity index (χ0) is 16.3. The maximum Gasteiger partial charge on any atom is 0.223 e. The molecule has 5 nitrogen and oxygen atoms in total. The van der Waals surface area contributed by atoms with Gasteiger partial charge in [-0.3, -0.25) is 9.69 Å². The van der Waals surface area contributed by atoms with E-state index in [-0.39, 0.29) is 17.6 Å². The highest BCUT2D eigenvalue weighted by Gasteiger charge is 2.27. The van der Waals surface area contributed by atoms with Crippen LogP contribution < -0.4 is 0 Å². The van der Waals surface area contributed by atoms with Crippen molar-refractivity contribution in [3.63, 3.8) is 0 Å². The average Bonchev–Trinajstić information content (AvgIpc) is 2.88. The molecule has 0 N–H and O–H groups in total. The lowest BCUT2D eigenvalue weighted by molar-refractivity contribution is -0.133. The van der Waals surface area contributed by atoms with Crippen LogP contribution in [0.4, 0.5) is 0 Å². The van der Waals surface area contributed by atoms with E-state index in [1.165, 1.54) is 11.0 Å². The number of hydrogen-bond donors (Lipinski definition) is 0. The van der Waals surface area contributed by atoms with Crippen molar-refractivity contribution in [2.45, 2.75) is 13.0 Å². The molecule has 0 unspecified atom stereocenters. The fourth-order valence-corrected chi connectivity index (χ4v) is 4.52. The fraction of sp³-hybridized carbons (Fsp3) is 0.471. The third-order valence-corrected chi connectivity index (χ3v) is 5.88. The molecule has 0 saturated carbocycles. The number of amides is 1. The van der Waals surface area contributed by atoms with Crippen molar-refractivity contribution in [2.75, 3.05) is 31.9 Å². The lowest BCUT2D eigenvalue weighted by atomic mass is 10.1. The van der Waals surface area contributed by atoms with Crippen LogP contribution in [0.25, 0.3) is 0 Å². The molecule has 1 atom stereocenters. The summed E-state index contributed by atoms with van der Waals surface area (Å²) in [5.74, 6) is -0.0156. The number of carbonyl (C=O) groups is 1. The molecule has 0 aromatic heterocycles. The minimum atomic E-state index is -3.07. The van der Waals surface area contributed by atoms with Gasteiger partial charge in [-0.2, -0.15) is 0 Å². The van der Waals surface area contributed by atoms with Crippen LogP contribution in [0, 0.1) is 5.92 Å². The zero-order valence-electron chi connectivity index (χ0n) is 13.1. The third kappa shape index (κ3) is 4.42. The van der Waals surface area contributed by atoms with Gasteiger partial charge in [-0.25, -0.2) is 8.42 Å². The topological polar surface area (TPSA) is 57.7 Å². The molecule has 0 bridgehead atoms. The Morgan fingerprint density at radius 3 is 2.39 bits per heavy atom. The monoisotopic (exact) mass is 334 g/mol. The van der Waals surface area contributed by atoms with Gasteiger partial charge in [-0.1, -0.05) is 36.4 Å². The first-order valence-corrected chi connectivity index (χ1v) is 9.68. The molecule has 1 aromatic rings.